The molecule has 0 aliphatic heterocycles. The van der Waals surface area contributed by atoms with Crippen LogP contribution in [-0.4, -0.2) is 0 Å². The van der Waals surface area contributed by atoms with Gasteiger partial charge in [0.25, 0.3) is 0 Å². The molecule has 2 unspecified atom stereocenters. The van der Waals surface area contributed by atoms with Crippen molar-refractivity contribution in [1.29, 1.82) is 0 Å². The van der Waals surface area contributed by atoms with Crippen LogP contribution in [0, 0.1) is 11.8 Å². The molecule has 0 aromatic heterocycles. The van der Waals surface area contributed by atoms with Gasteiger partial charge in [-0.05, 0) is 72.6 Å². The Balaban J connectivity index is 1.45. The summed E-state index contributed by atoms with van der Waals surface area (Å²) < 4.78 is 0. The molecule has 0 saturated carbocycles. The summed E-state index contributed by atoms with van der Waals surface area (Å²) in [7, 11) is 0. The van der Waals surface area contributed by atoms with Crippen molar-refractivity contribution in [2.24, 2.45) is 11.8 Å². The molecule has 0 nitrogen and oxygen atoms in total. The van der Waals surface area contributed by atoms with Gasteiger partial charge in [0.1, 0.15) is 0 Å². The lowest BCUT2D eigenvalue weighted by atomic mass is 9.83. The van der Waals surface area contributed by atoms with Gasteiger partial charge < -0.3 is 0 Å². The molecule has 0 heterocycles. The molecule has 27 heavy (non-hydrogen) atoms. The number of rotatable bonds is 9. The summed E-state index contributed by atoms with van der Waals surface area (Å²) in [5.74, 6) is 1.80. The van der Waals surface area contributed by atoms with Crippen molar-refractivity contribution in [2.75, 3.05) is 0 Å². The van der Waals surface area contributed by atoms with E-state index in [4.69, 9.17) is 0 Å². The van der Waals surface area contributed by atoms with Gasteiger partial charge in [0, 0.05) is 0 Å². The van der Waals surface area contributed by atoms with Crippen LogP contribution in [0.15, 0.2) is 36.4 Å². The number of benzene rings is 1. The second kappa shape index (κ2) is 10.9. The first-order valence-electron chi connectivity index (χ1n) is 11.7. The highest BCUT2D eigenvalue weighted by atomic mass is 14.2. The van der Waals surface area contributed by atoms with Gasteiger partial charge in [-0.2, -0.15) is 0 Å². The lowest BCUT2D eigenvalue weighted by molar-refractivity contribution is 0.423. The van der Waals surface area contributed by atoms with E-state index in [-0.39, 0.29) is 0 Å². The Morgan fingerprint density at radius 3 is 1.89 bits per heavy atom. The van der Waals surface area contributed by atoms with Crippen molar-refractivity contribution in [3.8, 4) is 0 Å². The van der Waals surface area contributed by atoms with Crippen molar-refractivity contribution >= 4 is 11.1 Å². The minimum absolute atomic E-state index is 0.865. The quantitative estimate of drug-likeness (QED) is 0.384. The molecule has 0 radical (unpaired) electrons. The summed E-state index contributed by atoms with van der Waals surface area (Å²) in [4.78, 5) is 0. The van der Waals surface area contributed by atoms with Crippen molar-refractivity contribution in [1.82, 2.24) is 0 Å². The van der Waals surface area contributed by atoms with Gasteiger partial charge in [-0.3, -0.25) is 0 Å². The first kappa shape index (κ1) is 20.4. The van der Waals surface area contributed by atoms with E-state index in [1.165, 1.54) is 94.6 Å². The molecule has 0 heteroatoms. The normalized spacial score (nSPS) is 23.0. The molecule has 1 aromatic rings. The SMILES string of the molecule is CCCCCCCCC1CC=C(c2ccc(C3=CCC(C)CC3)cc2)CC1. The average molecular weight is 365 g/mol. The van der Waals surface area contributed by atoms with Crippen molar-refractivity contribution < 1.29 is 0 Å². The monoisotopic (exact) mass is 364 g/mol. The van der Waals surface area contributed by atoms with Gasteiger partial charge in [-0.1, -0.05) is 95.2 Å². The number of hydrogen-bond acceptors (Lipinski definition) is 0. The minimum Gasteiger partial charge on any atom is -0.0805 e. The first-order valence-corrected chi connectivity index (χ1v) is 11.7. The highest BCUT2D eigenvalue weighted by Gasteiger charge is 2.16. The van der Waals surface area contributed by atoms with E-state index in [1.807, 2.05) is 0 Å². The largest absolute Gasteiger partial charge is 0.0805 e. The van der Waals surface area contributed by atoms with Crippen molar-refractivity contribution in [2.45, 2.75) is 97.3 Å². The van der Waals surface area contributed by atoms with Gasteiger partial charge in [-0.25, -0.2) is 0 Å². The third-order valence-corrected chi connectivity index (χ3v) is 6.79. The van der Waals surface area contributed by atoms with Crippen LogP contribution >= 0.6 is 0 Å². The lowest BCUT2D eigenvalue weighted by Crippen LogP contribution is -2.05. The number of hydrogen-bond donors (Lipinski definition) is 0. The minimum atomic E-state index is 0.865. The van der Waals surface area contributed by atoms with Crippen LogP contribution in [-0.2, 0) is 0 Å². The summed E-state index contributed by atoms with van der Waals surface area (Å²) in [5, 5.41) is 0. The van der Waals surface area contributed by atoms with Gasteiger partial charge in [0.2, 0.25) is 0 Å². The van der Waals surface area contributed by atoms with E-state index >= 15 is 0 Å². The molecule has 2 atom stereocenters. The fourth-order valence-corrected chi connectivity index (χ4v) is 4.75. The van der Waals surface area contributed by atoms with Crippen LogP contribution in [0.5, 0.6) is 0 Å². The van der Waals surface area contributed by atoms with Crippen LogP contribution in [0.25, 0.3) is 11.1 Å². The predicted octanol–water partition coefficient (Wildman–Crippen LogP) is 8.82. The van der Waals surface area contributed by atoms with E-state index in [0.29, 0.717) is 0 Å². The summed E-state index contributed by atoms with van der Waals surface area (Å²) in [5.41, 5.74) is 6.06. The Kier molecular flexibility index (Phi) is 8.24. The molecule has 3 rings (SSSR count). The maximum atomic E-state index is 2.54. The van der Waals surface area contributed by atoms with Crippen LogP contribution in [0.3, 0.4) is 0 Å². The van der Waals surface area contributed by atoms with Crippen LogP contribution in [0.1, 0.15) is 108 Å². The molecule has 0 fully saturated rings. The molecule has 0 bridgehead atoms. The Labute approximate surface area is 168 Å². The molecule has 148 valence electrons. The molecular formula is C27H40. The third-order valence-electron chi connectivity index (χ3n) is 6.79. The predicted molar refractivity (Wildman–Crippen MR) is 121 cm³/mol. The molecule has 2 aliphatic rings. The number of allylic oxidation sites excluding steroid dienone is 4. The van der Waals surface area contributed by atoms with Crippen molar-refractivity contribution in [3.63, 3.8) is 0 Å². The Hall–Kier alpha value is -1.30. The van der Waals surface area contributed by atoms with Crippen molar-refractivity contribution in [3.05, 3.63) is 47.5 Å². The molecule has 0 saturated heterocycles. The highest BCUT2D eigenvalue weighted by Crippen LogP contribution is 2.34. The maximum absolute atomic E-state index is 2.54. The molecule has 2 aliphatic carbocycles. The van der Waals surface area contributed by atoms with Gasteiger partial charge >= 0.3 is 0 Å². The molecule has 0 spiro atoms. The van der Waals surface area contributed by atoms with E-state index in [9.17, 15) is 0 Å². The zero-order valence-corrected chi connectivity index (χ0v) is 17.8. The summed E-state index contributed by atoms with van der Waals surface area (Å²) in [6, 6.07) is 9.46. The van der Waals surface area contributed by atoms with Gasteiger partial charge in [0.15, 0.2) is 0 Å². The average Bonchev–Trinajstić information content (AvgIpc) is 2.72. The lowest BCUT2D eigenvalue weighted by Gasteiger charge is -2.23. The fourth-order valence-electron chi connectivity index (χ4n) is 4.75. The van der Waals surface area contributed by atoms with Crippen LogP contribution < -0.4 is 0 Å². The smallest absolute Gasteiger partial charge is 0.0227 e. The van der Waals surface area contributed by atoms with E-state index in [1.54, 1.807) is 11.1 Å². The second-order valence-electron chi connectivity index (χ2n) is 9.11. The Bertz CT molecular complexity index is 616. The summed E-state index contributed by atoms with van der Waals surface area (Å²) in [6.07, 6.45) is 22.8. The zero-order chi connectivity index (χ0) is 18.9. The van der Waals surface area contributed by atoms with E-state index in [2.05, 4.69) is 50.3 Å². The van der Waals surface area contributed by atoms with Gasteiger partial charge in [-0.15, -0.1) is 0 Å². The van der Waals surface area contributed by atoms with E-state index in [0.717, 1.165) is 11.8 Å². The number of unbranched alkanes of at least 4 members (excludes halogenated alkanes) is 5. The Morgan fingerprint density at radius 1 is 0.741 bits per heavy atom. The van der Waals surface area contributed by atoms with Crippen LogP contribution in [0.4, 0.5) is 0 Å². The summed E-state index contributed by atoms with van der Waals surface area (Å²) >= 11 is 0. The standard InChI is InChI=1S/C27H40/c1-3-4-5-6-7-8-9-23-12-16-25(17-13-23)27-20-18-26(19-21-27)24-14-10-22(2)11-15-24/h14,16,18-23H,3-13,15,17H2,1-2H3. The molecule has 0 N–H and O–H groups in total. The van der Waals surface area contributed by atoms with Gasteiger partial charge in [0.05, 0.1) is 0 Å². The third kappa shape index (κ3) is 6.37. The topological polar surface area (TPSA) is 0 Å². The van der Waals surface area contributed by atoms with E-state index < -0.39 is 0 Å². The van der Waals surface area contributed by atoms with Crippen LogP contribution in [0.2, 0.25) is 0 Å². The molecule has 1 aromatic carbocycles. The second-order valence-corrected chi connectivity index (χ2v) is 9.11. The fraction of sp³-hybridized carbons (Fsp3) is 0.630. The molecule has 0 amide bonds. The molecular weight excluding hydrogens is 324 g/mol. The highest BCUT2D eigenvalue weighted by molar-refractivity contribution is 5.71. The first-order chi connectivity index (χ1) is 13.3. The Morgan fingerprint density at radius 2 is 1.33 bits per heavy atom. The zero-order valence-electron chi connectivity index (χ0n) is 17.8. The summed E-state index contributed by atoms with van der Waals surface area (Å²) in [6.45, 7) is 4.67. The maximum Gasteiger partial charge on any atom is -0.0227 e.